The van der Waals surface area contributed by atoms with Crippen molar-refractivity contribution < 1.29 is 14.3 Å². The van der Waals surface area contributed by atoms with E-state index in [1.54, 1.807) is 17.1 Å². The van der Waals surface area contributed by atoms with Gasteiger partial charge >= 0.3 is 0 Å². The van der Waals surface area contributed by atoms with Crippen molar-refractivity contribution in [1.29, 1.82) is 0 Å². The fraction of sp³-hybridized carbons (Fsp3) is 0.643. The Hall–Kier alpha value is -1.89. The van der Waals surface area contributed by atoms with E-state index in [-0.39, 0.29) is 17.9 Å². The summed E-state index contributed by atoms with van der Waals surface area (Å²) in [5.74, 6) is -0.255. The predicted molar refractivity (Wildman–Crippen MR) is 75.6 cm³/mol. The molecular formula is C14H20N4O3. The average Bonchev–Trinajstić information content (AvgIpc) is 3.09. The van der Waals surface area contributed by atoms with Crippen LogP contribution in [-0.4, -0.2) is 40.3 Å². The van der Waals surface area contributed by atoms with Gasteiger partial charge < -0.3 is 15.4 Å². The molecule has 7 heteroatoms. The molecule has 0 aromatic carbocycles. The highest BCUT2D eigenvalue weighted by atomic mass is 16.5. The van der Waals surface area contributed by atoms with E-state index in [1.807, 2.05) is 0 Å². The van der Waals surface area contributed by atoms with Crippen molar-refractivity contribution in [2.75, 3.05) is 11.9 Å². The van der Waals surface area contributed by atoms with Crippen LogP contribution in [0.25, 0.3) is 0 Å². The number of carbonyl (C=O) groups excluding carboxylic acids is 2. The van der Waals surface area contributed by atoms with E-state index in [9.17, 15) is 9.59 Å². The van der Waals surface area contributed by atoms with Crippen molar-refractivity contribution in [3.8, 4) is 0 Å². The van der Waals surface area contributed by atoms with Crippen molar-refractivity contribution in [2.24, 2.45) is 0 Å². The maximum Gasteiger partial charge on any atom is 0.247 e. The van der Waals surface area contributed by atoms with Crippen LogP contribution in [0.4, 0.5) is 5.69 Å². The normalized spacial score (nSPS) is 25.6. The van der Waals surface area contributed by atoms with Crippen molar-refractivity contribution in [3.63, 3.8) is 0 Å². The zero-order chi connectivity index (χ0) is 14.7. The summed E-state index contributed by atoms with van der Waals surface area (Å²) in [4.78, 5) is 23.1. The minimum absolute atomic E-state index is 0.0692. The largest absolute Gasteiger partial charge is 0.376 e. The van der Waals surface area contributed by atoms with Crippen LogP contribution in [0.15, 0.2) is 12.4 Å². The maximum atomic E-state index is 12.0. The fourth-order valence-electron chi connectivity index (χ4n) is 2.73. The standard InChI is InChI=1S/C14H20N4O3/c19-13-5-4-12(17-13)14(20)16-10-7-15-18(8-10)9-11-3-1-2-6-21-11/h7-8,11-12H,1-6,9H2,(H,16,20)(H,17,19). The van der Waals surface area contributed by atoms with Crippen molar-refractivity contribution in [2.45, 2.75) is 50.8 Å². The summed E-state index contributed by atoms with van der Waals surface area (Å²) >= 11 is 0. The van der Waals surface area contributed by atoms with Gasteiger partial charge in [0.25, 0.3) is 0 Å². The second-order valence-corrected chi connectivity index (χ2v) is 5.59. The Kier molecular flexibility index (Phi) is 4.19. The van der Waals surface area contributed by atoms with Crippen LogP contribution in [0.2, 0.25) is 0 Å². The third-order valence-corrected chi connectivity index (χ3v) is 3.88. The van der Waals surface area contributed by atoms with Gasteiger partial charge in [0, 0.05) is 19.2 Å². The van der Waals surface area contributed by atoms with Crippen LogP contribution < -0.4 is 10.6 Å². The Morgan fingerprint density at radius 3 is 3.10 bits per heavy atom. The molecule has 3 heterocycles. The molecule has 2 aliphatic rings. The summed E-state index contributed by atoms with van der Waals surface area (Å²) in [6.07, 6.45) is 7.96. The molecule has 0 saturated carbocycles. The molecule has 114 valence electrons. The molecule has 2 saturated heterocycles. The number of hydrogen-bond donors (Lipinski definition) is 2. The molecule has 3 rings (SSSR count). The first-order valence-electron chi connectivity index (χ1n) is 7.45. The monoisotopic (exact) mass is 292 g/mol. The first-order chi connectivity index (χ1) is 10.2. The fourth-order valence-corrected chi connectivity index (χ4v) is 2.73. The van der Waals surface area contributed by atoms with Crippen LogP contribution in [0.3, 0.4) is 0 Å². The summed E-state index contributed by atoms with van der Waals surface area (Å²) in [6.45, 7) is 1.52. The molecule has 0 aliphatic carbocycles. The molecule has 2 amide bonds. The van der Waals surface area contributed by atoms with Gasteiger partial charge in [-0.1, -0.05) is 0 Å². The SMILES string of the molecule is O=C1CCC(C(=O)Nc2cnn(CC3CCCCO3)c2)N1. The van der Waals surface area contributed by atoms with E-state index in [0.29, 0.717) is 25.1 Å². The zero-order valence-corrected chi connectivity index (χ0v) is 11.9. The molecule has 2 N–H and O–H groups in total. The van der Waals surface area contributed by atoms with Crippen LogP contribution in [-0.2, 0) is 20.9 Å². The molecule has 0 spiro atoms. The van der Waals surface area contributed by atoms with Crippen LogP contribution in [0.5, 0.6) is 0 Å². The topological polar surface area (TPSA) is 85.2 Å². The van der Waals surface area contributed by atoms with Crippen molar-refractivity contribution >= 4 is 17.5 Å². The number of anilines is 1. The van der Waals surface area contributed by atoms with Gasteiger partial charge in [-0.25, -0.2) is 0 Å². The molecule has 0 bridgehead atoms. The average molecular weight is 292 g/mol. The predicted octanol–water partition coefficient (Wildman–Crippen LogP) is 0.669. The Labute approximate surface area is 123 Å². The number of hydrogen-bond acceptors (Lipinski definition) is 4. The van der Waals surface area contributed by atoms with E-state index < -0.39 is 6.04 Å². The molecule has 2 aliphatic heterocycles. The third kappa shape index (κ3) is 3.60. The lowest BCUT2D eigenvalue weighted by atomic mass is 10.1. The van der Waals surface area contributed by atoms with Gasteiger partial charge in [0.2, 0.25) is 11.8 Å². The van der Waals surface area contributed by atoms with E-state index >= 15 is 0 Å². The van der Waals surface area contributed by atoms with Crippen molar-refractivity contribution in [1.82, 2.24) is 15.1 Å². The van der Waals surface area contributed by atoms with Crippen molar-refractivity contribution in [3.05, 3.63) is 12.4 Å². The van der Waals surface area contributed by atoms with Gasteiger partial charge in [-0.3, -0.25) is 14.3 Å². The molecule has 21 heavy (non-hydrogen) atoms. The highest BCUT2D eigenvalue weighted by Crippen LogP contribution is 2.16. The Balaban J connectivity index is 1.52. The number of nitrogens with zero attached hydrogens (tertiary/aromatic N) is 2. The summed E-state index contributed by atoms with van der Waals surface area (Å²) in [5, 5.41) is 9.67. The minimum atomic E-state index is -0.428. The zero-order valence-electron chi connectivity index (χ0n) is 11.9. The number of nitrogens with one attached hydrogen (secondary N) is 2. The number of rotatable bonds is 4. The molecule has 7 nitrogen and oxygen atoms in total. The van der Waals surface area contributed by atoms with E-state index in [1.165, 1.54) is 6.42 Å². The van der Waals surface area contributed by atoms with Gasteiger partial charge in [-0.15, -0.1) is 0 Å². The van der Waals surface area contributed by atoms with Gasteiger partial charge in [-0.2, -0.15) is 5.10 Å². The second-order valence-electron chi connectivity index (χ2n) is 5.59. The molecule has 2 atom stereocenters. The van der Waals surface area contributed by atoms with E-state index in [0.717, 1.165) is 19.4 Å². The molecule has 0 radical (unpaired) electrons. The number of amides is 2. The smallest absolute Gasteiger partial charge is 0.247 e. The molecular weight excluding hydrogens is 272 g/mol. The molecule has 1 aromatic heterocycles. The lowest BCUT2D eigenvalue weighted by Gasteiger charge is -2.22. The Morgan fingerprint density at radius 1 is 1.48 bits per heavy atom. The first kappa shape index (κ1) is 14.1. The van der Waals surface area contributed by atoms with Crippen LogP contribution in [0.1, 0.15) is 32.1 Å². The van der Waals surface area contributed by atoms with Gasteiger partial charge in [0.15, 0.2) is 0 Å². The van der Waals surface area contributed by atoms with Crippen LogP contribution >= 0.6 is 0 Å². The lowest BCUT2D eigenvalue weighted by Crippen LogP contribution is -2.37. The molecule has 2 fully saturated rings. The number of aromatic nitrogens is 2. The highest BCUT2D eigenvalue weighted by molar-refractivity contribution is 5.98. The van der Waals surface area contributed by atoms with Gasteiger partial charge in [0.1, 0.15) is 6.04 Å². The Morgan fingerprint density at radius 2 is 2.38 bits per heavy atom. The lowest BCUT2D eigenvalue weighted by molar-refractivity contribution is -0.122. The summed E-state index contributed by atoms with van der Waals surface area (Å²) in [5.41, 5.74) is 0.650. The third-order valence-electron chi connectivity index (χ3n) is 3.88. The first-order valence-corrected chi connectivity index (χ1v) is 7.45. The van der Waals surface area contributed by atoms with Gasteiger partial charge in [0.05, 0.1) is 24.5 Å². The number of carbonyl (C=O) groups is 2. The Bertz CT molecular complexity index is 522. The molecule has 1 aromatic rings. The summed E-state index contributed by atoms with van der Waals surface area (Å²) < 4.78 is 7.46. The summed E-state index contributed by atoms with van der Waals surface area (Å²) in [7, 11) is 0. The quantitative estimate of drug-likeness (QED) is 0.854. The second kappa shape index (κ2) is 6.26. The maximum absolute atomic E-state index is 12.0. The minimum Gasteiger partial charge on any atom is -0.376 e. The van der Waals surface area contributed by atoms with E-state index in [4.69, 9.17) is 4.74 Å². The molecule has 2 unspecified atom stereocenters. The summed E-state index contributed by atoms with van der Waals surface area (Å²) in [6, 6.07) is -0.428. The number of ether oxygens (including phenoxy) is 1. The van der Waals surface area contributed by atoms with Gasteiger partial charge in [-0.05, 0) is 25.7 Å². The highest BCUT2D eigenvalue weighted by Gasteiger charge is 2.27. The van der Waals surface area contributed by atoms with Crippen LogP contribution in [0, 0.1) is 0 Å². The van der Waals surface area contributed by atoms with E-state index in [2.05, 4.69) is 15.7 Å².